The van der Waals surface area contributed by atoms with Gasteiger partial charge in [-0.25, -0.2) is 0 Å². The Bertz CT molecular complexity index is 869. The van der Waals surface area contributed by atoms with E-state index in [9.17, 15) is 11.6 Å². The molecule has 1 fully saturated rings. The fourth-order valence-electron chi connectivity index (χ4n) is 3.82. The molecule has 2 rings (SSSR count). The molecule has 2 N–H and O–H groups in total. The molecule has 27 heavy (non-hydrogen) atoms. The Morgan fingerprint density at radius 3 is 2.56 bits per heavy atom. The molecule has 1 aliphatic carbocycles. The van der Waals surface area contributed by atoms with Gasteiger partial charge < -0.3 is 15.1 Å². The highest BCUT2D eigenvalue weighted by Crippen LogP contribution is 2.57. The van der Waals surface area contributed by atoms with E-state index in [0.29, 0.717) is 17.7 Å². The predicted molar refractivity (Wildman–Crippen MR) is 114 cm³/mol. The van der Waals surface area contributed by atoms with Crippen molar-refractivity contribution in [2.45, 2.75) is 78.6 Å². The quantitative estimate of drug-likeness (QED) is 0.718. The number of phenols is 1. The lowest BCUT2D eigenvalue weighted by atomic mass is 9.49. The molecule has 4 unspecified atom stereocenters. The van der Waals surface area contributed by atoms with Crippen LogP contribution in [0.1, 0.15) is 80.1 Å². The number of hydrogen-bond donors (Lipinski definition) is 2. The summed E-state index contributed by atoms with van der Waals surface area (Å²) in [6, 6.07) is 4.79. The molecule has 1 aliphatic rings. The molecule has 4 atom stereocenters. The first-order chi connectivity index (χ1) is 14.6. The lowest BCUT2D eigenvalue weighted by Crippen LogP contribution is -2.62. The Labute approximate surface area is 175 Å². The van der Waals surface area contributed by atoms with E-state index in [1.165, 1.54) is 19.9 Å². The first-order valence-corrected chi connectivity index (χ1v) is 9.83. The number of aromatic hydroxyl groups is 1. The number of benzene rings is 1. The van der Waals surface area contributed by atoms with Gasteiger partial charge in [0.2, 0.25) is 0 Å². The average Bonchev–Trinajstić information content (AvgIpc) is 2.71. The van der Waals surface area contributed by atoms with Crippen LogP contribution in [-0.4, -0.2) is 40.9 Å². The van der Waals surface area contributed by atoms with E-state index < -0.39 is 41.0 Å². The van der Waals surface area contributed by atoms with Gasteiger partial charge in [0.05, 0.1) is 5.60 Å². The Kier molecular flexibility index (Phi) is 4.27. The molecule has 3 nitrogen and oxygen atoms in total. The summed E-state index contributed by atoms with van der Waals surface area (Å²) in [7, 11) is 1.91. The first-order valence-electron chi connectivity index (χ1n) is 12.8. The lowest BCUT2D eigenvalue weighted by Gasteiger charge is -2.59. The number of rotatable bonds is 6. The van der Waals surface area contributed by atoms with Crippen molar-refractivity contribution in [3.8, 4) is 5.75 Å². The zero-order valence-corrected chi connectivity index (χ0v) is 18.2. The summed E-state index contributed by atoms with van der Waals surface area (Å²) in [4.78, 5) is 2.02. The second-order valence-electron chi connectivity index (χ2n) is 8.81. The largest absolute Gasteiger partial charge is 0.508 e. The fraction of sp³-hybridized carbons (Fsp3) is 0.750. The molecule has 0 amide bonds. The highest BCUT2D eigenvalue weighted by Gasteiger charge is 2.58. The Morgan fingerprint density at radius 2 is 2.00 bits per heavy atom. The van der Waals surface area contributed by atoms with Crippen molar-refractivity contribution in [1.82, 2.24) is 4.90 Å². The summed E-state index contributed by atoms with van der Waals surface area (Å²) in [6.07, 6.45) is -5.48. The minimum atomic E-state index is -2.95. The van der Waals surface area contributed by atoms with Crippen LogP contribution in [0.4, 0.5) is 0 Å². The van der Waals surface area contributed by atoms with E-state index in [1.807, 2.05) is 18.9 Å². The van der Waals surface area contributed by atoms with Crippen LogP contribution in [0.2, 0.25) is 0 Å². The molecule has 1 aromatic carbocycles. The van der Waals surface area contributed by atoms with Crippen molar-refractivity contribution in [2.75, 3.05) is 20.1 Å². The number of phenolic OH excluding ortho intramolecular Hbond substituents is 1. The molecular formula is C24H41NO2. The van der Waals surface area contributed by atoms with Gasteiger partial charge in [-0.3, -0.25) is 0 Å². The van der Waals surface area contributed by atoms with Crippen molar-refractivity contribution in [1.29, 1.82) is 0 Å². The third-order valence-corrected chi connectivity index (χ3v) is 7.01. The first kappa shape index (κ1) is 14.9. The lowest BCUT2D eigenvalue weighted by molar-refractivity contribution is -0.161. The molecule has 1 aromatic rings. The molecular weight excluding hydrogens is 334 g/mol. The van der Waals surface area contributed by atoms with E-state index in [2.05, 4.69) is 0 Å². The van der Waals surface area contributed by atoms with Crippen molar-refractivity contribution in [2.24, 2.45) is 17.2 Å². The maximum Gasteiger partial charge on any atom is 0.118 e. The van der Waals surface area contributed by atoms with E-state index in [0.717, 1.165) is 6.54 Å². The van der Waals surface area contributed by atoms with Gasteiger partial charge in [-0.05, 0) is 80.6 Å². The van der Waals surface area contributed by atoms with Crippen LogP contribution in [0.25, 0.3) is 0 Å². The van der Waals surface area contributed by atoms with Gasteiger partial charge in [0.1, 0.15) is 5.75 Å². The second-order valence-corrected chi connectivity index (χ2v) is 8.81. The second kappa shape index (κ2) is 7.75. The highest BCUT2D eigenvalue weighted by molar-refractivity contribution is 5.40. The van der Waals surface area contributed by atoms with Crippen LogP contribution in [0, 0.1) is 24.1 Å². The van der Waals surface area contributed by atoms with E-state index >= 15 is 0 Å². The molecule has 0 aliphatic heterocycles. The van der Waals surface area contributed by atoms with Crippen molar-refractivity contribution in [3.63, 3.8) is 0 Å². The van der Waals surface area contributed by atoms with Crippen molar-refractivity contribution < 1.29 is 18.4 Å². The standard InChI is InChI=1S/C24H41NO2/c1-9-25(8)15-14-23(7,20-10-11-21(26)17(2)16-20)24(27)13-12-18(3)22(5,6)19(24)4/h10-11,16,18-19,26-27H,9,12-15H2,1-8H3/i12D2,13D2,18D,19D. The zero-order chi connectivity index (χ0) is 26.1. The van der Waals surface area contributed by atoms with Gasteiger partial charge in [0.15, 0.2) is 0 Å². The maximum absolute atomic E-state index is 12.6. The molecule has 0 spiro atoms. The summed E-state index contributed by atoms with van der Waals surface area (Å²) >= 11 is 0. The van der Waals surface area contributed by atoms with Gasteiger partial charge in [-0.1, -0.05) is 53.7 Å². The maximum atomic E-state index is 12.6. The molecule has 3 heteroatoms. The van der Waals surface area contributed by atoms with Gasteiger partial charge in [-0.15, -0.1) is 0 Å². The SMILES string of the molecule is [2H]C1([2H])C([2H])([2H])C(O)(C(C)(CCN(C)CC)c2ccc(O)c(C)c2)C([2H])(C)C(C)(C)C1([2H])C. The molecule has 154 valence electrons. The van der Waals surface area contributed by atoms with Crippen LogP contribution in [0.5, 0.6) is 5.75 Å². The Hall–Kier alpha value is -1.06. The number of aliphatic hydroxyl groups is 1. The third-order valence-electron chi connectivity index (χ3n) is 7.01. The molecule has 0 aromatic heterocycles. The van der Waals surface area contributed by atoms with Gasteiger partial charge >= 0.3 is 0 Å². The van der Waals surface area contributed by atoms with Crippen LogP contribution < -0.4 is 0 Å². The highest BCUT2D eigenvalue weighted by atomic mass is 16.3. The third kappa shape index (κ3) is 3.78. The number of nitrogens with zero attached hydrogens (tertiary/aromatic N) is 1. The van der Waals surface area contributed by atoms with E-state index in [1.54, 1.807) is 39.8 Å². The van der Waals surface area contributed by atoms with Crippen LogP contribution in [-0.2, 0) is 5.41 Å². The molecule has 0 bridgehead atoms. The number of aryl methyl sites for hydroxylation is 1. The Balaban J connectivity index is 2.98. The van der Waals surface area contributed by atoms with Crippen LogP contribution >= 0.6 is 0 Å². The molecule has 0 heterocycles. The van der Waals surface area contributed by atoms with Gasteiger partial charge in [0.25, 0.3) is 0 Å². The van der Waals surface area contributed by atoms with Crippen LogP contribution in [0.15, 0.2) is 18.2 Å². The summed E-state index contributed by atoms with van der Waals surface area (Å²) in [5.74, 6) is -3.90. The summed E-state index contributed by atoms with van der Waals surface area (Å²) < 4.78 is 54.1. The van der Waals surface area contributed by atoms with Crippen molar-refractivity contribution in [3.05, 3.63) is 29.3 Å². The summed E-state index contributed by atoms with van der Waals surface area (Å²) in [6.45, 7) is 12.5. The topological polar surface area (TPSA) is 43.7 Å². The average molecular weight is 382 g/mol. The zero-order valence-electron chi connectivity index (χ0n) is 24.2. The minimum Gasteiger partial charge on any atom is -0.508 e. The Morgan fingerprint density at radius 1 is 1.37 bits per heavy atom. The monoisotopic (exact) mass is 381 g/mol. The normalized spacial score (nSPS) is 42.7. The molecule has 1 saturated carbocycles. The predicted octanol–water partition coefficient (Wildman–Crippen LogP) is 5.12. The smallest absolute Gasteiger partial charge is 0.118 e. The van der Waals surface area contributed by atoms with Gasteiger partial charge in [-0.2, -0.15) is 0 Å². The fourth-order valence-corrected chi connectivity index (χ4v) is 3.82. The van der Waals surface area contributed by atoms with E-state index in [4.69, 9.17) is 6.85 Å². The van der Waals surface area contributed by atoms with Crippen LogP contribution in [0.3, 0.4) is 0 Å². The summed E-state index contributed by atoms with van der Waals surface area (Å²) in [5, 5.41) is 22.7. The van der Waals surface area contributed by atoms with Crippen molar-refractivity contribution >= 4 is 0 Å². The molecule has 0 radical (unpaired) electrons. The number of hydrogen-bond acceptors (Lipinski definition) is 3. The van der Waals surface area contributed by atoms with E-state index in [-0.39, 0.29) is 12.2 Å². The molecule has 0 saturated heterocycles. The van der Waals surface area contributed by atoms with Gasteiger partial charge in [0, 0.05) is 13.6 Å². The minimum absolute atomic E-state index is 0.0634. The summed E-state index contributed by atoms with van der Waals surface area (Å²) in [5.41, 5.74) is -4.32.